The third-order valence-corrected chi connectivity index (χ3v) is 9.78. The molecule has 10 heteroatoms. The van der Waals surface area contributed by atoms with Crippen LogP contribution in [0, 0.1) is 0 Å². The summed E-state index contributed by atoms with van der Waals surface area (Å²) in [5.74, 6) is 5.69. The van der Waals surface area contributed by atoms with Gasteiger partial charge in [-0.25, -0.2) is 19.2 Å². The average Bonchev–Trinajstić information content (AvgIpc) is 3.49. The van der Waals surface area contributed by atoms with Crippen molar-refractivity contribution >= 4 is 54.6 Å². The van der Waals surface area contributed by atoms with Crippen LogP contribution in [0.3, 0.4) is 0 Å². The minimum absolute atomic E-state index is 0.194. The molecule has 1 unspecified atom stereocenters. The molecule has 1 saturated carbocycles. The second kappa shape index (κ2) is 6.63. The summed E-state index contributed by atoms with van der Waals surface area (Å²) in [7, 11) is -0.954. The Labute approximate surface area is 184 Å². The van der Waals surface area contributed by atoms with E-state index in [4.69, 9.17) is 17.3 Å². The lowest BCUT2D eigenvalue weighted by Gasteiger charge is -2.36. The number of fused-ring (bicyclic) bond motifs is 1. The molecule has 7 nitrogen and oxygen atoms in total. The molecule has 2 aliphatic rings. The van der Waals surface area contributed by atoms with E-state index in [0.29, 0.717) is 10.9 Å². The molecule has 0 radical (unpaired) electrons. The van der Waals surface area contributed by atoms with Crippen LogP contribution < -0.4 is 5.73 Å². The molecule has 2 atom stereocenters. The maximum absolute atomic E-state index is 13.0. The molecule has 1 fully saturated rings. The number of hydrogen-bond acceptors (Lipinski definition) is 7. The predicted octanol–water partition coefficient (Wildman–Crippen LogP) is 3.39. The summed E-state index contributed by atoms with van der Waals surface area (Å²) in [5.41, 5.74) is 6.85. The van der Waals surface area contributed by atoms with Crippen molar-refractivity contribution in [2.75, 3.05) is 12.8 Å². The van der Waals surface area contributed by atoms with Gasteiger partial charge in [0.25, 0.3) is 0 Å². The molecular weight excluding hydrogens is 440 g/mol. The van der Waals surface area contributed by atoms with Crippen molar-refractivity contribution in [2.45, 2.75) is 31.2 Å². The van der Waals surface area contributed by atoms with Gasteiger partial charge in [-0.1, -0.05) is 11.6 Å². The molecule has 0 saturated heterocycles. The number of nitrogens with zero attached hydrogens (tertiary/aromatic N) is 5. The van der Waals surface area contributed by atoms with Crippen LogP contribution >= 0.6 is 22.9 Å². The zero-order chi connectivity index (χ0) is 21.3. The van der Waals surface area contributed by atoms with Crippen molar-refractivity contribution in [3.05, 3.63) is 40.4 Å². The summed E-state index contributed by atoms with van der Waals surface area (Å²) in [4.78, 5) is 19.1. The van der Waals surface area contributed by atoms with Crippen molar-refractivity contribution in [1.82, 2.24) is 19.3 Å². The topological polar surface area (TPSA) is 97.4 Å². The number of nitrogens with two attached hydrogens (primary N) is 1. The zero-order valence-electron chi connectivity index (χ0n) is 16.6. The average molecular weight is 461 g/mol. The maximum Gasteiger partial charge on any atom is 0.203 e. The van der Waals surface area contributed by atoms with E-state index >= 15 is 0 Å². The van der Waals surface area contributed by atoms with Crippen molar-refractivity contribution in [3.8, 4) is 11.3 Å². The Balaban J connectivity index is 1.65. The van der Waals surface area contributed by atoms with E-state index in [2.05, 4.69) is 25.8 Å². The number of thiophene rings is 1. The van der Waals surface area contributed by atoms with E-state index < -0.39 is 15.2 Å². The molecule has 1 aliphatic carbocycles. The molecule has 0 bridgehead atoms. The molecule has 1 aliphatic heterocycles. The summed E-state index contributed by atoms with van der Waals surface area (Å²) >= 11 is 8.30. The first kappa shape index (κ1) is 19.7. The fraction of sp³-hybridized carbons (Fsp3) is 0.350. The summed E-state index contributed by atoms with van der Waals surface area (Å²) in [6.45, 7) is 1.90. The van der Waals surface area contributed by atoms with Crippen molar-refractivity contribution in [2.24, 2.45) is 10.7 Å². The largest absolute Gasteiger partial charge is 0.369 e. The Morgan fingerprint density at radius 1 is 1.33 bits per heavy atom. The van der Waals surface area contributed by atoms with Crippen LogP contribution in [-0.4, -0.2) is 48.1 Å². The minimum atomic E-state index is -2.60. The smallest absolute Gasteiger partial charge is 0.203 e. The van der Waals surface area contributed by atoms with E-state index in [1.165, 1.54) is 15.6 Å². The SMILES string of the molecule is C=S1(=O)C[C@@](C)(c2sc3c(-c4cnc(C5CC5)nc4)nccc3c2Cl)N=C(N)N1C. The van der Waals surface area contributed by atoms with Crippen molar-refractivity contribution in [1.29, 1.82) is 0 Å². The van der Waals surface area contributed by atoms with Gasteiger partial charge in [0.1, 0.15) is 11.4 Å². The molecule has 3 aromatic heterocycles. The number of aromatic nitrogens is 3. The van der Waals surface area contributed by atoms with Crippen LogP contribution in [0.15, 0.2) is 29.6 Å². The first-order valence-electron chi connectivity index (χ1n) is 9.53. The summed E-state index contributed by atoms with van der Waals surface area (Å²) in [5, 5.41) is 1.45. The Bertz CT molecular complexity index is 1300. The van der Waals surface area contributed by atoms with Crippen LogP contribution in [0.4, 0.5) is 0 Å². The third-order valence-electron chi connectivity index (χ3n) is 5.61. The highest BCUT2D eigenvalue weighted by atomic mass is 35.5. The van der Waals surface area contributed by atoms with Gasteiger partial charge in [-0.3, -0.25) is 9.29 Å². The maximum atomic E-state index is 13.0. The van der Waals surface area contributed by atoms with Gasteiger partial charge < -0.3 is 5.73 Å². The molecule has 156 valence electrons. The van der Waals surface area contributed by atoms with Gasteiger partial charge in [0.15, 0.2) is 0 Å². The van der Waals surface area contributed by atoms with E-state index in [9.17, 15) is 4.21 Å². The first-order chi connectivity index (χ1) is 14.2. The highest BCUT2D eigenvalue weighted by Crippen LogP contribution is 2.47. The highest BCUT2D eigenvalue weighted by molar-refractivity contribution is 7.98. The Kier molecular flexibility index (Phi) is 4.36. The van der Waals surface area contributed by atoms with E-state index in [1.807, 2.05) is 25.4 Å². The fourth-order valence-corrected chi connectivity index (χ4v) is 7.31. The number of aliphatic imine (C=N–C) groups is 1. The van der Waals surface area contributed by atoms with Gasteiger partial charge in [-0.15, -0.1) is 11.3 Å². The van der Waals surface area contributed by atoms with Crippen LogP contribution in [0.1, 0.15) is 36.4 Å². The van der Waals surface area contributed by atoms with E-state index in [0.717, 1.165) is 44.9 Å². The van der Waals surface area contributed by atoms with Crippen LogP contribution in [0.5, 0.6) is 0 Å². The van der Waals surface area contributed by atoms with Gasteiger partial charge in [-0.2, -0.15) is 0 Å². The lowest BCUT2D eigenvalue weighted by Crippen LogP contribution is -2.50. The quantitative estimate of drug-likeness (QED) is 0.604. The van der Waals surface area contributed by atoms with Crippen LogP contribution in [-0.2, 0) is 15.2 Å². The first-order valence-corrected chi connectivity index (χ1v) is 12.6. The number of rotatable bonds is 3. The molecule has 4 heterocycles. The molecule has 2 N–H and O–H groups in total. The third kappa shape index (κ3) is 3.07. The van der Waals surface area contributed by atoms with Crippen molar-refractivity contribution in [3.63, 3.8) is 0 Å². The summed E-state index contributed by atoms with van der Waals surface area (Å²) in [6, 6.07) is 1.88. The summed E-state index contributed by atoms with van der Waals surface area (Å²) < 4.78 is 15.4. The number of halogens is 1. The predicted molar refractivity (Wildman–Crippen MR) is 124 cm³/mol. The van der Waals surface area contributed by atoms with E-state index in [1.54, 1.807) is 13.2 Å². The Morgan fingerprint density at radius 3 is 2.67 bits per heavy atom. The number of hydrogen-bond donors (Lipinski definition) is 1. The highest BCUT2D eigenvalue weighted by Gasteiger charge is 2.40. The van der Waals surface area contributed by atoms with E-state index in [-0.39, 0.29) is 11.7 Å². The normalized spacial score (nSPS) is 26.8. The van der Waals surface area contributed by atoms with Gasteiger partial charge in [0.05, 0.1) is 35.8 Å². The lowest BCUT2D eigenvalue weighted by atomic mass is 10.0. The second-order valence-corrected chi connectivity index (χ2v) is 11.8. The van der Waals surface area contributed by atoms with Crippen molar-refractivity contribution < 1.29 is 4.21 Å². The van der Waals surface area contributed by atoms with Crippen LogP contribution in [0.2, 0.25) is 5.02 Å². The fourth-order valence-electron chi connectivity index (χ4n) is 3.74. The molecule has 5 rings (SSSR count). The monoisotopic (exact) mass is 460 g/mol. The van der Waals surface area contributed by atoms with Gasteiger partial charge in [0.2, 0.25) is 5.96 Å². The molecule has 0 aromatic carbocycles. The zero-order valence-corrected chi connectivity index (χ0v) is 19.0. The molecular formula is C20H21ClN6OS2. The second-order valence-electron chi connectivity index (χ2n) is 8.04. The minimum Gasteiger partial charge on any atom is -0.369 e. The molecule has 0 amide bonds. The van der Waals surface area contributed by atoms with Gasteiger partial charge in [-0.05, 0) is 31.7 Å². The summed E-state index contributed by atoms with van der Waals surface area (Å²) in [6.07, 6.45) is 7.69. The van der Waals surface area contributed by atoms with Gasteiger partial charge >= 0.3 is 0 Å². The standard InChI is InChI=1S/C20H21ClN6OS2/c1-20(10-30(3,28)27(2)19(22)26-20)17-14(21)13-6-7-23-15(16(13)29-17)12-8-24-18(25-9-12)11-4-5-11/h6-9,11H,3-5,10H2,1-2H3,(H2,22,26)/t20-,30?/m0/s1. The molecule has 30 heavy (non-hydrogen) atoms. The van der Waals surface area contributed by atoms with Gasteiger partial charge in [0, 0.05) is 42.5 Å². The molecule has 3 aromatic rings. The van der Waals surface area contributed by atoms with Crippen LogP contribution in [0.25, 0.3) is 21.3 Å². The number of guanidine groups is 1. The number of pyridine rings is 1. The Hall–Kier alpha value is -2.23. The Morgan fingerprint density at radius 2 is 2.03 bits per heavy atom. The lowest BCUT2D eigenvalue weighted by molar-refractivity contribution is 0.522. The molecule has 0 spiro atoms.